The van der Waals surface area contributed by atoms with Crippen LogP contribution in [0.4, 0.5) is 5.82 Å². The first-order valence-corrected chi connectivity index (χ1v) is 7.01. The lowest BCUT2D eigenvalue weighted by Gasteiger charge is -2.37. The van der Waals surface area contributed by atoms with Gasteiger partial charge in [0.15, 0.2) is 0 Å². The molecular weight excluding hydrogens is 270 g/mol. The molecule has 0 atom stereocenters. The van der Waals surface area contributed by atoms with Crippen LogP contribution in [0.15, 0.2) is 6.07 Å². The van der Waals surface area contributed by atoms with Gasteiger partial charge in [0, 0.05) is 18.8 Å². The van der Waals surface area contributed by atoms with E-state index in [9.17, 15) is 14.7 Å². The summed E-state index contributed by atoms with van der Waals surface area (Å²) in [5.41, 5.74) is 6.82. The van der Waals surface area contributed by atoms with Gasteiger partial charge in [-0.1, -0.05) is 0 Å². The van der Waals surface area contributed by atoms with Crippen LogP contribution >= 0.6 is 0 Å². The third kappa shape index (κ3) is 2.84. The Bertz CT molecular complexity index is 590. The maximum Gasteiger partial charge on any atom is 0.309 e. The first kappa shape index (κ1) is 15.3. The van der Waals surface area contributed by atoms with Crippen LogP contribution in [0.3, 0.4) is 0 Å². The van der Waals surface area contributed by atoms with Gasteiger partial charge in [-0.05, 0) is 45.2 Å². The maximum absolute atomic E-state index is 11.7. The molecule has 1 amide bonds. The van der Waals surface area contributed by atoms with Crippen LogP contribution in [0.5, 0.6) is 0 Å². The van der Waals surface area contributed by atoms with Gasteiger partial charge < -0.3 is 15.7 Å². The molecule has 21 heavy (non-hydrogen) atoms. The molecule has 2 rings (SSSR count). The van der Waals surface area contributed by atoms with E-state index in [0.29, 0.717) is 37.3 Å². The lowest BCUT2D eigenvalue weighted by atomic mass is 9.80. The van der Waals surface area contributed by atoms with Crippen LogP contribution in [0.1, 0.15) is 41.4 Å². The molecule has 0 unspecified atom stereocenters. The number of aliphatic carboxylic acids is 1. The molecule has 1 aliphatic heterocycles. The number of primary amides is 1. The summed E-state index contributed by atoms with van der Waals surface area (Å²) in [5.74, 6) is -0.695. The molecule has 1 saturated heterocycles. The number of pyridine rings is 1. The van der Waals surface area contributed by atoms with Crippen molar-refractivity contribution in [3.8, 4) is 0 Å². The van der Waals surface area contributed by atoms with Crippen molar-refractivity contribution in [1.82, 2.24) is 4.98 Å². The summed E-state index contributed by atoms with van der Waals surface area (Å²) in [6.45, 7) is 6.57. The normalized spacial score (nSPS) is 17.6. The molecule has 0 spiro atoms. The zero-order valence-electron chi connectivity index (χ0n) is 12.6. The number of hydrogen-bond donors (Lipinski definition) is 2. The molecule has 0 aliphatic carbocycles. The molecule has 1 aromatic heterocycles. The predicted octanol–water partition coefficient (Wildman–Crippen LogP) is 1.49. The summed E-state index contributed by atoms with van der Waals surface area (Å²) in [6, 6.07) is 1.83. The van der Waals surface area contributed by atoms with E-state index in [0.717, 1.165) is 11.3 Å². The summed E-state index contributed by atoms with van der Waals surface area (Å²) >= 11 is 0. The van der Waals surface area contributed by atoms with E-state index in [4.69, 9.17) is 5.73 Å². The number of carboxylic acid groups (broad SMARTS) is 1. The highest BCUT2D eigenvalue weighted by Crippen LogP contribution is 2.34. The monoisotopic (exact) mass is 291 g/mol. The van der Waals surface area contributed by atoms with Crippen molar-refractivity contribution in [2.45, 2.75) is 33.6 Å². The first-order chi connectivity index (χ1) is 9.74. The van der Waals surface area contributed by atoms with E-state index in [2.05, 4.69) is 4.98 Å². The van der Waals surface area contributed by atoms with E-state index in [1.54, 1.807) is 6.92 Å². The average Bonchev–Trinajstić information content (AvgIpc) is 2.37. The van der Waals surface area contributed by atoms with Gasteiger partial charge in [0.2, 0.25) is 0 Å². The molecule has 0 radical (unpaired) electrons. The Morgan fingerprint density at radius 2 is 1.90 bits per heavy atom. The Balaban J connectivity index is 2.32. The molecule has 0 aromatic carbocycles. The highest BCUT2D eigenvalue weighted by molar-refractivity contribution is 5.99. The molecule has 1 aromatic rings. The minimum atomic E-state index is -0.773. The lowest BCUT2D eigenvalue weighted by Crippen LogP contribution is -2.43. The number of piperidine rings is 1. The van der Waals surface area contributed by atoms with Crippen LogP contribution in [0.2, 0.25) is 0 Å². The summed E-state index contributed by atoms with van der Waals surface area (Å²) in [4.78, 5) is 29.4. The van der Waals surface area contributed by atoms with Crippen molar-refractivity contribution in [2.24, 2.45) is 11.1 Å². The number of nitrogens with two attached hydrogens (primary N) is 1. The van der Waals surface area contributed by atoms with Crippen LogP contribution in [0, 0.1) is 19.3 Å². The van der Waals surface area contributed by atoms with E-state index < -0.39 is 17.3 Å². The summed E-state index contributed by atoms with van der Waals surface area (Å²) in [6.07, 6.45) is 1.05. The van der Waals surface area contributed by atoms with Crippen LogP contribution < -0.4 is 10.6 Å². The fourth-order valence-corrected chi connectivity index (χ4v) is 2.78. The highest BCUT2D eigenvalue weighted by atomic mass is 16.4. The zero-order valence-corrected chi connectivity index (χ0v) is 12.6. The van der Waals surface area contributed by atoms with Gasteiger partial charge in [0.05, 0.1) is 11.0 Å². The van der Waals surface area contributed by atoms with Gasteiger partial charge in [-0.3, -0.25) is 9.59 Å². The van der Waals surface area contributed by atoms with Crippen molar-refractivity contribution in [3.63, 3.8) is 0 Å². The fraction of sp³-hybridized carbons (Fsp3) is 0.533. The SMILES string of the molecule is Cc1cc(C)c(C(N)=O)c(N2CCC(C)(C(=O)O)CC2)n1. The minimum absolute atomic E-state index is 0.430. The number of aromatic nitrogens is 1. The Morgan fingerprint density at radius 3 is 2.38 bits per heavy atom. The Labute approximate surface area is 124 Å². The van der Waals surface area contributed by atoms with E-state index in [1.807, 2.05) is 24.8 Å². The number of carbonyl (C=O) groups is 2. The molecular formula is C15H21N3O3. The topological polar surface area (TPSA) is 96.5 Å². The van der Waals surface area contributed by atoms with Crippen LogP contribution in [0.25, 0.3) is 0 Å². The molecule has 1 aliphatic rings. The number of nitrogens with zero attached hydrogens (tertiary/aromatic N) is 2. The molecule has 0 bridgehead atoms. The molecule has 3 N–H and O–H groups in total. The Hall–Kier alpha value is -2.11. The van der Waals surface area contributed by atoms with E-state index >= 15 is 0 Å². The van der Waals surface area contributed by atoms with Crippen molar-refractivity contribution in [1.29, 1.82) is 0 Å². The number of hydrogen-bond acceptors (Lipinski definition) is 4. The minimum Gasteiger partial charge on any atom is -0.481 e. The number of amides is 1. The quantitative estimate of drug-likeness (QED) is 0.879. The molecule has 2 heterocycles. The van der Waals surface area contributed by atoms with Gasteiger partial charge >= 0.3 is 5.97 Å². The second kappa shape index (κ2) is 5.35. The summed E-state index contributed by atoms with van der Waals surface area (Å²) < 4.78 is 0. The highest BCUT2D eigenvalue weighted by Gasteiger charge is 2.37. The van der Waals surface area contributed by atoms with Crippen LogP contribution in [-0.2, 0) is 4.79 Å². The number of carbonyl (C=O) groups excluding carboxylic acids is 1. The number of rotatable bonds is 3. The van der Waals surface area contributed by atoms with Crippen molar-refractivity contribution in [3.05, 3.63) is 22.9 Å². The van der Waals surface area contributed by atoms with Gasteiger partial charge in [-0.25, -0.2) is 4.98 Å². The second-order valence-electron chi connectivity index (χ2n) is 6.00. The second-order valence-corrected chi connectivity index (χ2v) is 6.00. The molecule has 6 heteroatoms. The van der Waals surface area contributed by atoms with Gasteiger partial charge in [-0.15, -0.1) is 0 Å². The first-order valence-electron chi connectivity index (χ1n) is 7.01. The Morgan fingerprint density at radius 1 is 1.33 bits per heavy atom. The van der Waals surface area contributed by atoms with Gasteiger partial charge in [0.25, 0.3) is 5.91 Å². The summed E-state index contributed by atoms with van der Waals surface area (Å²) in [7, 11) is 0. The number of anilines is 1. The van der Waals surface area contributed by atoms with E-state index in [-0.39, 0.29) is 0 Å². The molecule has 6 nitrogen and oxygen atoms in total. The largest absolute Gasteiger partial charge is 0.481 e. The standard InChI is InChI=1S/C15H21N3O3/c1-9-8-10(2)17-13(11(9)12(16)19)18-6-4-15(3,5-7-18)14(20)21/h8H,4-7H2,1-3H3,(H2,16,19)(H,20,21). The maximum atomic E-state index is 11.7. The molecule has 0 saturated carbocycles. The lowest BCUT2D eigenvalue weighted by molar-refractivity contribution is -0.149. The number of carboxylic acids is 1. The van der Waals surface area contributed by atoms with Crippen molar-refractivity contribution >= 4 is 17.7 Å². The summed E-state index contributed by atoms with van der Waals surface area (Å²) in [5, 5.41) is 9.28. The average molecular weight is 291 g/mol. The third-order valence-electron chi connectivity index (χ3n) is 4.25. The number of aryl methyl sites for hydroxylation is 2. The smallest absolute Gasteiger partial charge is 0.309 e. The predicted molar refractivity (Wildman–Crippen MR) is 79.4 cm³/mol. The molecule has 1 fully saturated rings. The van der Waals surface area contributed by atoms with Crippen LogP contribution in [-0.4, -0.2) is 35.1 Å². The molecule has 114 valence electrons. The fourth-order valence-electron chi connectivity index (χ4n) is 2.78. The third-order valence-corrected chi connectivity index (χ3v) is 4.25. The zero-order chi connectivity index (χ0) is 15.8. The van der Waals surface area contributed by atoms with Gasteiger partial charge in [-0.2, -0.15) is 0 Å². The van der Waals surface area contributed by atoms with Crippen molar-refractivity contribution in [2.75, 3.05) is 18.0 Å². The van der Waals surface area contributed by atoms with E-state index in [1.165, 1.54) is 0 Å². The van der Waals surface area contributed by atoms with Crippen molar-refractivity contribution < 1.29 is 14.7 Å². The Kier molecular flexibility index (Phi) is 3.89. The van der Waals surface area contributed by atoms with Gasteiger partial charge in [0.1, 0.15) is 5.82 Å².